The number of nitrogens with zero attached hydrogens (tertiary/aromatic N) is 2. The summed E-state index contributed by atoms with van der Waals surface area (Å²) in [5.41, 5.74) is 6.67. The highest BCUT2D eigenvalue weighted by molar-refractivity contribution is 5.95. The summed E-state index contributed by atoms with van der Waals surface area (Å²) in [6, 6.07) is 12.2. The lowest BCUT2D eigenvalue weighted by atomic mass is 10.1. The van der Waals surface area contributed by atoms with Gasteiger partial charge in [-0.2, -0.15) is 18.2 Å². The summed E-state index contributed by atoms with van der Waals surface area (Å²) < 4.78 is 41.9. The van der Waals surface area contributed by atoms with Gasteiger partial charge in [-0.15, -0.1) is 0 Å². The van der Waals surface area contributed by atoms with Gasteiger partial charge in [0.1, 0.15) is 0 Å². The molecule has 3 N–H and O–H groups in total. The van der Waals surface area contributed by atoms with Gasteiger partial charge in [-0.25, -0.2) is 0 Å². The predicted octanol–water partition coefficient (Wildman–Crippen LogP) is 2.78. The topological polar surface area (TPSA) is 111 Å². The largest absolute Gasteiger partial charge is 0.471 e. The van der Waals surface area contributed by atoms with E-state index in [2.05, 4.69) is 20.0 Å². The fourth-order valence-corrected chi connectivity index (χ4v) is 2.33. The summed E-state index contributed by atoms with van der Waals surface area (Å²) >= 11 is 0. The van der Waals surface area contributed by atoms with Crippen LogP contribution in [0, 0.1) is 0 Å². The normalized spacial score (nSPS) is 11.2. The van der Waals surface area contributed by atoms with Crippen LogP contribution in [0.3, 0.4) is 0 Å². The minimum absolute atomic E-state index is 0.183. The highest BCUT2D eigenvalue weighted by atomic mass is 19.4. The summed E-state index contributed by atoms with van der Waals surface area (Å²) in [4.78, 5) is 26.6. The lowest BCUT2D eigenvalue weighted by Crippen LogP contribution is -2.22. The van der Waals surface area contributed by atoms with Crippen molar-refractivity contribution in [2.75, 3.05) is 0 Å². The molecule has 0 bridgehead atoms. The summed E-state index contributed by atoms with van der Waals surface area (Å²) in [6.07, 6.45) is -4.75. The van der Waals surface area contributed by atoms with E-state index in [0.29, 0.717) is 5.56 Å². The molecular formula is C18H13F3N4O3. The molecule has 0 saturated heterocycles. The van der Waals surface area contributed by atoms with E-state index < -0.39 is 23.9 Å². The molecule has 3 rings (SSSR count). The second-order valence-electron chi connectivity index (χ2n) is 5.75. The maximum Gasteiger partial charge on any atom is 0.471 e. The molecule has 10 heteroatoms. The van der Waals surface area contributed by atoms with Gasteiger partial charge in [0.05, 0.1) is 0 Å². The van der Waals surface area contributed by atoms with E-state index >= 15 is 0 Å². The third-order valence-corrected chi connectivity index (χ3v) is 3.74. The lowest BCUT2D eigenvalue weighted by Gasteiger charge is -2.07. The first-order valence-electron chi connectivity index (χ1n) is 7.92. The van der Waals surface area contributed by atoms with Crippen LogP contribution >= 0.6 is 0 Å². The summed E-state index contributed by atoms with van der Waals surface area (Å²) in [5, 5.41) is 5.97. The molecule has 2 aromatic carbocycles. The quantitative estimate of drug-likeness (QED) is 0.696. The Morgan fingerprint density at radius 2 is 1.79 bits per heavy atom. The number of hydrogen-bond donors (Lipinski definition) is 2. The Hall–Kier alpha value is -3.69. The van der Waals surface area contributed by atoms with Crippen molar-refractivity contribution in [1.82, 2.24) is 15.5 Å². The molecule has 0 aliphatic rings. The highest BCUT2D eigenvalue weighted by Gasteiger charge is 2.38. The summed E-state index contributed by atoms with van der Waals surface area (Å²) in [6.45, 7) is 0.183. The number of aromatic nitrogens is 2. The molecular weight excluding hydrogens is 377 g/mol. The number of primary amides is 1. The van der Waals surface area contributed by atoms with Gasteiger partial charge in [0.15, 0.2) is 0 Å². The van der Waals surface area contributed by atoms with Crippen molar-refractivity contribution in [1.29, 1.82) is 0 Å². The van der Waals surface area contributed by atoms with Crippen LogP contribution < -0.4 is 11.1 Å². The zero-order valence-electron chi connectivity index (χ0n) is 14.2. The number of nitrogens with one attached hydrogen (secondary N) is 1. The third kappa shape index (κ3) is 4.34. The first-order valence-corrected chi connectivity index (χ1v) is 7.92. The van der Waals surface area contributed by atoms with E-state index in [1.807, 2.05) is 0 Å². The molecule has 0 spiro atoms. The van der Waals surface area contributed by atoms with Crippen molar-refractivity contribution in [3.05, 3.63) is 71.1 Å². The minimum atomic E-state index is -4.75. The van der Waals surface area contributed by atoms with Crippen molar-refractivity contribution < 1.29 is 27.3 Å². The van der Waals surface area contributed by atoms with Crippen LogP contribution in [-0.4, -0.2) is 22.0 Å². The molecule has 0 fully saturated rings. The molecule has 1 heterocycles. The van der Waals surface area contributed by atoms with Crippen molar-refractivity contribution in [2.45, 2.75) is 12.7 Å². The SMILES string of the molecule is NC(=O)c1ccc(CNC(=O)c2cccc(-c3noc(C(F)(F)F)n3)c2)cc1. The van der Waals surface area contributed by atoms with E-state index in [1.54, 1.807) is 24.3 Å². The molecule has 2 amide bonds. The van der Waals surface area contributed by atoms with E-state index in [0.717, 1.165) is 5.56 Å². The second-order valence-corrected chi connectivity index (χ2v) is 5.75. The average Bonchev–Trinajstić information content (AvgIpc) is 3.17. The molecule has 0 aliphatic carbocycles. The lowest BCUT2D eigenvalue weighted by molar-refractivity contribution is -0.159. The van der Waals surface area contributed by atoms with Crippen LogP contribution in [-0.2, 0) is 12.7 Å². The number of halogens is 3. The maximum absolute atomic E-state index is 12.6. The monoisotopic (exact) mass is 390 g/mol. The first kappa shape index (κ1) is 19.1. The highest BCUT2D eigenvalue weighted by Crippen LogP contribution is 2.29. The van der Waals surface area contributed by atoms with E-state index in [9.17, 15) is 22.8 Å². The number of amides is 2. The van der Waals surface area contributed by atoms with Crippen LogP contribution in [0.5, 0.6) is 0 Å². The number of alkyl halides is 3. The van der Waals surface area contributed by atoms with Gasteiger partial charge in [-0.3, -0.25) is 9.59 Å². The minimum Gasteiger partial charge on any atom is -0.366 e. The van der Waals surface area contributed by atoms with Gasteiger partial charge in [-0.1, -0.05) is 29.4 Å². The zero-order chi connectivity index (χ0) is 20.3. The Balaban J connectivity index is 1.70. The third-order valence-electron chi connectivity index (χ3n) is 3.74. The van der Waals surface area contributed by atoms with Crippen LogP contribution in [0.4, 0.5) is 13.2 Å². The Kier molecular flexibility index (Phi) is 5.12. The Bertz CT molecular complexity index is 1010. The van der Waals surface area contributed by atoms with Gasteiger partial charge < -0.3 is 15.6 Å². The Labute approximate surface area is 156 Å². The van der Waals surface area contributed by atoms with Gasteiger partial charge >= 0.3 is 12.1 Å². The van der Waals surface area contributed by atoms with Crippen molar-refractivity contribution in [3.8, 4) is 11.4 Å². The number of hydrogen-bond acceptors (Lipinski definition) is 5. The van der Waals surface area contributed by atoms with Crippen LogP contribution in [0.25, 0.3) is 11.4 Å². The molecule has 1 aromatic heterocycles. The molecule has 144 valence electrons. The molecule has 0 aliphatic heterocycles. The van der Waals surface area contributed by atoms with Crippen molar-refractivity contribution in [3.63, 3.8) is 0 Å². The molecule has 7 nitrogen and oxygen atoms in total. The van der Waals surface area contributed by atoms with Crippen LogP contribution in [0.2, 0.25) is 0 Å². The fraction of sp³-hybridized carbons (Fsp3) is 0.111. The number of rotatable bonds is 5. The smallest absolute Gasteiger partial charge is 0.366 e. The van der Waals surface area contributed by atoms with Crippen molar-refractivity contribution >= 4 is 11.8 Å². The summed E-state index contributed by atoms with van der Waals surface area (Å²) in [7, 11) is 0. The molecule has 0 unspecified atom stereocenters. The number of benzene rings is 2. The van der Waals surface area contributed by atoms with Gasteiger partial charge in [-0.05, 0) is 29.8 Å². The Morgan fingerprint density at radius 1 is 1.07 bits per heavy atom. The standard InChI is InChI=1S/C18H13F3N4O3/c19-18(20,21)17-24-15(25-28-17)12-2-1-3-13(8-12)16(27)23-9-10-4-6-11(7-5-10)14(22)26/h1-8H,9H2,(H2,22,26)(H,23,27). The predicted molar refractivity (Wildman–Crippen MR) is 90.9 cm³/mol. The van der Waals surface area contributed by atoms with E-state index in [1.165, 1.54) is 24.3 Å². The van der Waals surface area contributed by atoms with Gasteiger partial charge in [0.25, 0.3) is 5.91 Å². The molecule has 0 atom stereocenters. The zero-order valence-corrected chi connectivity index (χ0v) is 14.2. The molecule has 28 heavy (non-hydrogen) atoms. The number of nitrogens with two attached hydrogens (primary N) is 1. The van der Waals surface area contributed by atoms with Crippen LogP contribution in [0.15, 0.2) is 53.1 Å². The molecule has 0 radical (unpaired) electrons. The first-order chi connectivity index (χ1) is 13.2. The second kappa shape index (κ2) is 7.51. The molecule has 0 saturated carbocycles. The van der Waals surface area contributed by atoms with E-state index in [4.69, 9.17) is 5.73 Å². The number of carbonyl (C=O) groups excluding carboxylic acids is 2. The average molecular weight is 390 g/mol. The van der Waals surface area contributed by atoms with Crippen molar-refractivity contribution in [2.24, 2.45) is 5.73 Å². The van der Waals surface area contributed by atoms with Gasteiger partial charge in [0.2, 0.25) is 11.7 Å². The molecule has 3 aromatic rings. The maximum atomic E-state index is 12.6. The Morgan fingerprint density at radius 3 is 2.39 bits per heavy atom. The number of carbonyl (C=O) groups is 2. The van der Waals surface area contributed by atoms with E-state index in [-0.39, 0.29) is 23.5 Å². The van der Waals surface area contributed by atoms with Crippen LogP contribution in [0.1, 0.15) is 32.2 Å². The fourth-order valence-electron chi connectivity index (χ4n) is 2.33. The summed E-state index contributed by atoms with van der Waals surface area (Å²) in [5.74, 6) is -2.73. The van der Waals surface area contributed by atoms with Gasteiger partial charge in [0, 0.05) is 23.2 Å².